The average molecular weight is 491 g/mol. The van der Waals surface area contributed by atoms with Crippen molar-refractivity contribution in [2.45, 2.75) is 5.92 Å². The fourth-order valence-corrected chi connectivity index (χ4v) is 4.13. The fraction of sp³-hybridized carbons (Fsp3) is 0.0909. The number of fused-ring (bicyclic) bond motifs is 3. The van der Waals surface area contributed by atoms with Crippen LogP contribution >= 0.6 is 27.5 Å². The number of rotatable bonds is 4. The van der Waals surface area contributed by atoms with Gasteiger partial charge < -0.3 is 9.84 Å². The number of nitrogens with one attached hydrogen (secondary N) is 1. The van der Waals surface area contributed by atoms with Gasteiger partial charge in [-0.1, -0.05) is 60.1 Å². The Morgan fingerprint density at radius 1 is 1.10 bits per heavy atom. The van der Waals surface area contributed by atoms with Crippen LogP contribution in [0, 0.1) is 5.82 Å². The van der Waals surface area contributed by atoms with Gasteiger partial charge in [-0.15, -0.1) is 0 Å². The topological polar surface area (TPSA) is 75.6 Å². The van der Waals surface area contributed by atoms with E-state index in [2.05, 4.69) is 21.2 Å². The molecule has 0 radical (unpaired) electrons. The van der Waals surface area contributed by atoms with Crippen LogP contribution in [0.3, 0.4) is 0 Å². The summed E-state index contributed by atoms with van der Waals surface area (Å²) in [5.41, 5.74) is 3.20. The number of hydrogen-bond acceptors (Lipinski definition) is 3. The van der Waals surface area contributed by atoms with Gasteiger partial charge >= 0.3 is 12.1 Å². The molecule has 5 nitrogen and oxygen atoms in total. The summed E-state index contributed by atoms with van der Waals surface area (Å²) in [6.07, 6.45) is -0.965. The highest BCUT2D eigenvalue weighted by atomic mass is 79.9. The Labute approximate surface area is 184 Å². The summed E-state index contributed by atoms with van der Waals surface area (Å²) in [6.45, 7) is 0.0125. The molecule has 0 unspecified atom stereocenters. The number of aromatic carboxylic acids is 1. The number of carboxylic acid groups (broad SMARTS) is 1. The van der Waals surface area contributed by atoms with Crippen molar-refractivity contribution >= 4 is 45.3 Å². The lowest BCUT2D eigenvalue weighted by Crippen LogP contribution is -2.20. The first-order valence-electron chi connectivity index (χ1n) is 8.91. The highest BCUT2D eigenvalue weighted by Gasteiger charge is 2.29. The zero-order chi connectivity index (χ0) is 21.4. The number of amides is 1. The second-order valence-electron chi connectivity index (χ2n) is 6.66. The van der Waals surface area contributed by atoms with Crippen molar-refractivity contribution in [3.05, 3.63) is 86.6 Å². The maximum atomic E-state index is 14.5. The Hall–Kier alpha value is -2.90. The van der Waals surface area contributed by atoms with Crippen LogP contribution in [0.15, 0.2) is 59.1 Å². The minimum atomic E-state index is -1.43. The minimum Gasteiger partial charge on any atom is -0.478 e. The molecular weight excluding hydrogens is 477 g/mol. The number of carboxylic acids is 1. The molecule has 3 aromatic carbocycles. The van der Waals surface area contributed by atoms with E-state index in [4.69, 9.17) is 16.3 Å². The summed E-state index contributed by atoms with van der Waals surface area (Å²) < 4.78 is 19.7. The van der Waals surface area contributed by atoms with Gasteiger partial charge in [-0.3, -0.25) is 5.32 Å². The predicted octanol–water partition coefficient (Wildman–Crippen LogP) is 6.30. The molecule has 0 fully saturated rings. The average Bonchev–Trinajstić information content (AvgIpc) is 3.06. The third kappa shape index (κ3) is 3.55. The quantitative estimate of drug-likeness (QED) is 0.421. The molecule has 4 rings (SSSR count). The lowest BCUT2D eigenvalue weighted by molar-refractivity contribution is 0.0697. The van der Waals surface area contributed by atoms with Gasteiger partial charge in [0, 0.05) is 5.92 Å². The minimum absolute atomic E-state index is 0.0125. The molecule has 0 aliphatic heterocycles. The van der Waals surface area contributed by atoms with Crippen LogP contribution in [-0.2, 0) is 4.74 Å². The van der Waals surface area contributed by atoms with E-state index in [0.29, 0.717) is 0 Å². The van der Waals surface area contributed by atoms with Crippen LogP contribution in [0.4, 0.5) is 14.9 Å². The van der Waals surface area contributed by atoms with Crippen LogP contribution in [0.1, 0.15) is 27.4 Å². The first-order chi connectivity index (χ1) is 14.4. The van der Waals surface area contributed by atoms with Gasteiger partial charge in [0.2, 0.25) is 0 Å². The first kappa shape index (κ1) is 20.4. The Bertz CT molecular complexity index is 1140. The lowest BCUT2D eigenvalue weighted by atomic mass is 9.98. The molecular formula is C22H14BrClFNO4. The first-order valence-corrected chi connectivity index (χ1v) is 10.1. The van der Waals surface area contributed by atoms with Crippen LogP contribution in [0.25, 0.3) is 11.1 Å². The molecule has 30 heavy (non-hydrogen) atoms. The second-order valence-corrected chi connectivity index (χ2v) is 7.86. The third-order valence-electron chi connectivity index (χ3n) is 4.96. The summed E-state index contributed by atoms with van der Waals surface area (Å²) in [5, 5.41) is 11.4. The van der Waals surface area contributed by atoms with Crippen molar-refractivity contribution in [3.63, 3.8) is 0 Å². The molecule has 8 heteroatoms. The Morgan fingerprint density at radius 3 is 2.23 bits per heavy atom. The van der Waals surface area contributed by atoms with Crippen molar-refractivity contribution in [2.75, 3.05) is 11.9 Å². The second kappa shape index (κ2) is 8.08. The van der Waals surface area contributed by atoms with E-state index in [1.807, 2.05) is 48.5 Å². The lowest BCUT2D eigenvalue weighted by Gasteiger charge is -2.16. The van der Waals surface area contributed by atoms with Crippen molar-refractivity contribution in [2.24, 2.45) is 0 Å². The molecule has 0 aromatic heterocycles. The largest absolute Gasteiger partial charge is 0.478 e. The molecule has 3 aromatic rings. The molecule has 1 aliphatic rings. The van der Waals surface area contributed by atoms with Crippen LogP contribution in [0.5, 0.6) is 0 Å². The van der Waals surface area contributed by atoms with Gasteiger partial charge in [-0.2, -0.15) is 0 Å². The maximum absolute atomic E-state index is 14.5. The Morgan fingerprint density at radius 2 is 1.67 bits per heavy atom. The van der Waals surface area contributed by atoms with E-state index in [-0.39, 0.29) is 22.0 Å². The van der Waals surface area contributed by atoms with E-state index in [9.17, 15) is 19.1 Å². The van der Waals surface area contributed by atoms with Gasteiger partial charge in [0.05, 0.1) is 20.7 Å². The SMILES string of the molecule is O=C(Nc1c(C(=O)O)cc(Cl)c(Br)c1F)OCC1c2ccccc2-c2ccccc21. The smallest absolute Gasteiger partial charge is 0.411 e. The molecule has 2 N–H and O–H groups in total. The van der Waals surface area contributed by atoms with Gasteiger partial charge in [-0.25, -0.2) is 14.0 Å². The van der Waals surface area contributed by atoms with Crippen LogP contribution < -0.4 is 5.32 Å². The highest BCUT2D eigenvalue weighted by molar-refractivity contribution is 9.10. The van der Waals surface area contributed by atoms with Gasteiger partial charge in [-0.05, 0) is 44.3 Å². The Balaban J connectivity index is 1.56. The monoisotopic (exact) mass is 489 g/mol. The molecule has 1 aliphatic carbocycles. The summed E-state index contributed by atoms with van der Waals surface area (Å²) in [7, 11) is 0. The number of ether oxygens (including phenoxy) is 1. The van der Waals surface area contributed by atoms with E-state index in [0.717, 1.165) is 28.3 Å². The van der Waals surface area contributed by atoms with Gasteiger partial charge in [0.1, 0.15) is 6.61 Å². The molecule has 0 atom stereocenters. The third-order valence-corrected chi connectivity index (χ3v) is 6.27. The molecule has 0 spiro atoms. The number of hydrogen-bond donors (Lipinski definition) is 2. The summed E-state index contributed by atoms with van der Waals surface area (Å²) in [4.78, 5) is 23.8. The normalized spacial score (nSPS) is 12.2. The fourth-order valence-electron chi connectivity index (χ4n) is 3.62. The van der Waals surface area contributed by atoms with Gasteiger partial charge in [0.15, 0.2) is 5.82 Å². The van der Waals surface area contributed by atoms with Crippen molar-refractivity contribution in [1.82, 2.24) is 0 Å². The van der Waals surface area contributed by atoms with E-state index >= 15 is 0 Å². The highest BCUT2D eigenvalue weighted by Crippen LogP contribution is 2.44. The molecule has 0 saturated carbocycles. The molecule has 0 heterocycles. The Kier molecular flexibility index (Phi) is 5.49. The van der Waals surface area contributed by atoms with E-state index in [1.165, 1.54) is 0 Å². The number of carbonyl (C=O) groups excluding carboxylic acids is 1. The van der Waals surface area contributed by atoms with Gasteiger partial charge in [0.25, 0.3) is 0 Å². The molecule has 0 saturated heterocycles. The predicted molar refractivity (Wildman–Crippen MR) is 115 cm³/mol. The van der Waals surface area contributed by atoms with Crippen LogP contribution in [-0.4, -0.2) is 23.8 Å². The summed E-state index contributed by atoms with van der Waals surface area (Å²) >= 11 is 8.76. The number of carbonyl (C=O) groups is 2. The van der Waals surface area contributed by atoms with E-state index in [1.54, 1.807) is 0 Å². The van der Waals surface area contributed by atoms with Crippen molar-refractivity contribution < 1.29 is 23.8 Å². The number of benzene rings is 3. The number of halogens is 3. The summed E-state index contributed by atoms with van der Waals surface area (Å²) in [5.74, 6) is -2.60. The molecule has 152 valence electrons. The zero-order valence-corrected chi connectivity index (χ0v) is 17.6. The number of anilines is 1. The molecule has 0 bridgehead atoms. The standard InChI is InChI=1S/C22H14BrClFNO4/c23-18-17(24)9-15(21(27)28)20(19(18)25)26-22(29)30-10-16-13-7-3-1-5-11(13)12-6-2-4-8-14(12)16/h1-9,16H,10H2,(H,26,29)(H,27,28). The summed E-state index contributed by atoms with van der Waals surface area (Å²) in [6, 6.07) is 16.7. The maximum Gasteiger partial charge on any atom is 0.411 e. The van der Waals surface area contributed by atoms with E-state index < -0.39 is 29.1 Å². The van der Waals surface area contributed by atoms with Crippen LogP contribution in [0.2, 0.25) is 5.02 Å². The van der Waals surface area contributed by atoms with Crippen molar-refractivity contribution in [1.29, 1.82) is 0 Å². The van der Waals surface area contributed by atoms with Crippen molar-refractivity contribution in [3.8, 4) is 11.1 Å². The molecule has 1 amide bonds. The zero-order valence-electron chi connectivity index (χ0n) is 15.3.